The number of hydrogen-bond donors (Lipinski definition) is 2. The van der Waals surface area contributed by atoms with Crippen LogP contribution >= 0.6 is 0 Å². The first-order chi connectivity index (χ1) is 3.31. The first kappa shape index (κ1) is 6.14. The lowest BCUT2D eigenvalue weighted by Gasteiger charge is -1.85. The van der Waals surface area contributed by atoms with Gasteiger partial charge in [0.15, 0.2) is 0 Å². The molecule has 0 spiro atoms. The molecule has 3 heteroatoms. The summed E-state index contributed by atoms with van der Waals surface area (Å²) < 4.78 is 0. The van der Waals surface area contributed by atoms with Crippen LogP contribution in [0.3, 0.4) is 0 Å². The molecule has 7 heavy (non-hydrogen) atoms. The molecule has 0 saturated heterocycles. The molecule has 0 amide bonds. The Morgan fingerprint density at radius 1 is 1.86 bits per heavy atom. The van der Waals surface area contributed by atoms with E-state index in [0.29, 0.717) is 5.71 Å². The highest BCUT2D eigenvalue weighted by atomic mass is 15.3. The molecule has 0 atom stereocenters. The fourth-order valence-electron chi connectivity index (χ4n) is 0.209. The number of hydrogen-bond acceptors (Lipinski definition) is 3. The molecule has 0 fully saturated rings. The van der Waals surface area contributed by atoms with Crippen LogP contribution in [-0.4, -0.2) is 19.0 Å². The molecule has 0 unspecified atom stereocenters. The molecule has 0 heterocycles. The zero-order chi connectivity index (χ0) is 5.70. The third-order valence-corrected chi connectivity index (χ3v) is 0.497. The number of hydrazone groups is 1. The van der Waals surface area contributed by atoms with Gasteiger partial charge < -0.3 is 10.8 Å². The Morgan fingerprint density at radius 2 is 2.43 bits per heavy atom. The van der Waals surface area contributed by atoms with Crippen LogP contribution in [0.2, 0.25) is 0 Å². The van der Waals surface area contributed by atoms with Gasteiger partial charge in [-0.25, -0.2) is 0 Å². The standard InChI is InChI=1S/C4H9N3/c1-4(3-5)7-6-2/h3,5-6H,1-2H3. The van der Waals surface area contributed by atoms with Crippen molar-refractivity contribution in [1.29, 1.82) is 5.41 Å². The fraction of sp³-hybridized carbons (Fsp3) is 0.500. The van der Waals surface area contributed by atoms with Gasteiger partial charge in [0.05, 0.1) is 5.71 Å². The second kappa shape index (κ2) is 3.33. The van der Waals surface area contributed by atoms with Gasteiger partial charge in [-0.05, 0) is 6.92 Å². The Balaban J connectivity index is 3.49. The average molecular weight is 99.1 g/mol. The van der Waals surface area contributed by atoms with Crippen molar-refractivity contribution in [3.05, 3.63) is 0 Å². The molecule has 2 N–H and O–H groups in total. The van der Waals surface area contributed by atoms with Crippen molar-refractivity contribution in [2.75, 3.05) is 7.05 Å². The summed E-state index contributed by atoms with van der Waals surface area (Å²) in [5, 5.41) is 10.3. The highest BCUT2D eigenvalue weighted by Gasteiger charge is 1.74. The maximum atomic E-state index is 6.62. The Morgan fingerprint density at radius 3 is 2.57 bits per heavy atom. The van der Waals surface area contributed by atoms with Gasteiger partial charge in [-0.15, -0.1) is 0 Å². The minimum absolute atomic E-state index is 0.683. The normalized spacial score (nSPS) is 10.9. The topological polar surface area (TPSA) is 48.2 Å². The highest BCUT2D eigenvalue weighted by molar-refractivity contribution is 6.28. The summed E-state index contributed by atoms with van der Waals surface area (Å²) in [5.41, 5.74) is 3.24. The lowest BCUT2D eigenvalue weighted by atomic mass is 10.5. The molecule has 0 aliphatic rings. The van der Waals surface area contributed by atoms with E-state index in [1.807, 2.05) is 0 Å². The summed E-state index contributed by atoms with van der Waals surface area (Å²) in [6.07, 6.45) is 1.19. The minimum atomic E-state index is 0.683. The van der Waals surface area contributed by atoms with Gasteiger partial charge in [-0.2, -0.15) is 5.10 Å². The fourth-order valence-corrected chi connectivity index (χ4v) is 0.209. The summed E-state index contributed by atoms with van der Waals surface area (Å²) >= 11 is 0. The molecular formula is C4H9N3. The van der Waals surface area contributed by atoms with E-state index in [0.717, 1.165) is 0 Å². The van der Waals surface area contributed by atoms with Crippen LogP contribution in [0.4, 0.5) is 0 Å². The Kier molecular flexibility index (Phi) is 2.92. The second-order valence-electron chi connectivity index (χ2n) is 1.12. The van der Waals surface area contributed by atoms with Crippen LogP contribution in [0.5, 0.6) is 0 Å². The predicted octanol–water partition coefficient (Wildman–Crippen LogP) is 0.231. The summed E-state index contributed by atoms with van der Waals surface area (Å²) in [7, 11) is 1.70. The molecule has 0 aliphatic heterocycles. The molecule has 0 saturated carbocycles. The van der Waals surface area contributed by atoms with Crippen molar-refractivity contribution < 1.29 is 0 Å². The Labute approximate surface area is 42.9 Å². The van der Waals surface area contributed by atoms with E-state index in [4.69, 9.17) is 5.41 Å². The smallest absolute Gasteiger partial charge is 0.0747 e. The largest absolute Gasteiger partial charge is 0.313 e. The van der Waals surface area contributed by atoms with E-state index in [-0.39, 0.29) is 0 Å². The van der Waals surface area contributed by atoms with Crippen molar-refractivity contribution >= 4 is 11.9 Å². The van der Waals surface area contributed by atoms with Crippen molar-refractivity contribution in [3.63, 3.8) is 0 Å². The van der Waals surface area contributed by atoms with Gasteiger partial charge in [0.2, 0.25) is 0 Å². The summed E-state index contributed by atoms with van der Waals surface area (Å²) in [4.78, 5) is 0. The van der Waals surface area contributed by atoms with Crippen LogP contribution in [-0.2, 0) is 0 Å². The predicted molar refractivity (Wildman–Crippen MR) is 31.0 cm³/mol. The molecular weight excluding hydrogens is 90.1 g/mol. The first-order valence-corrected chi connectivity index (χ1v) is 2.02. The van der Waals surface area contributed by atoms with Crippen molar-refractivity contribution in [3.8, 4) is 0 Å². The second-order valence-corrected chi connectivity index (χ2v) is 1.12. The quantitative estimate of drug-likeness (QED) is 0.378. The molecule has 0 bridgehead atoms. The third-order valence-electron chi connectivity index (χ3n) is 0.497. The lowest BCUT2D eigenvalue weighted by molar-refractivity contribution is 0.903. The molecule has 40 valence electrons. The SMILES string of the molecule is CNN=C(C)C=N. The number of nitrogens with one attached hydrogen (secondary N) is 2. The molecule has 0 aromatic carbocycles. The van der Waals surface area contributed by atoms with Gasteiger partial charge in [-0.1, -0.05) is 0 Å². The number of nitrogens with zero attached hydrogens (tertiary/aromatic N) is 1. The van der Waals surface area contributed by atoms with Crippen LogP contribution < -0.4 is 5.43 Å². The van der Waals surface area contributed by atoms with Crippen molar-refractivity contribution in [1.82, 2.24) is 5.43 Å². The maximum Gasteiger partial charge on any atom is 0.0747 e. The zero-order valence-electron chi connectivity index (χ0n) is 4.52. The molecule has 3 nitrogen and oxygen atoms in total. The van der Waals surface area contributed by atoms with Crippen molar-refractivity contribution in [2.24, 2.45) is 5.10 Å². The first-order valence-electron chi connectivity index (χ1n) is 2.02. The molecule has 0 rings (SSSR count). The highest BCUT2D eigenvalue weighted by Crippen LogP contribution is 1.62. The molecule has 0 aliphatic carbocycles. The zero-order valence-corrected chi connectivity index (χ0v) is 4.52. The monoisotopic (exact) mass is 99.1 g/mol. The average Bonchev–Trinajstić information content (AvgIpc) is 1.68. The van der Waals surface area contributed by atoms with Gasteiger partial charge in [0.25, 0.3) is 0 Å². The van der Waals surface area contributed by atoms with E-state index < -0.39 is 0 Å². The van der Waals surface area contributed by atoms with Crippen LogP contribution in [0, 0.1) is 5.41 Å². The minimum Gasteiger partial charge on any atom is -0.313 e. The van der Waals surface area contributed by atoms with Gasteiger partial charge >= 0.3 is 0 Å². The van der Waals surface area contributed by atoms with Gasteiger partial charge in [0, 0.05) is 13.3 Å². The Bertz CT molecular complexity index is 84.9. The number of rotatable bonds is 2. The van der Waals surface area contributed by atoms with Crippen LogP contribution in [0.25, 0.3) is 0 Å². The van der Waals surface area contributed by atoms with Crippen LogP contribution in [0.1, 0.15) is 6.92 Å². The van der Waals surface area contributed by atoms with Crippen LogP contribution in [0.15, 0.2) is 5.10 Å². The van der Waals surface area contributed by atoms with Gasteiger partial charge in [-0.3, -0.25) is 0 Å². The van der Waals surface area contributed by atoms with Gasteiger partial charge in [0.1, 0.15) is 0 Å². The van der Waals surface area contributed by atoms with Crippen molar-refractivity contribution in [2.45, 2.75) is 6.92 Å². The molecule has 0 aromatic heterocycles. The summed E-state index contributed by atoms with van der Waals surface area (Å²) in [6, 6.07) is 0. The Hall–Kier alpha value is -0.860. The summed E-state index contributed by atoms with van der Waals surface area (Å²) in [6.45, 7) is 1.75. The molecule has 0 aromatic rings. The third kappa shape index (κ3) is 2.96. The van der Waals surface area contributed by atoms with E-state index in [1.165, 1.54) is 6.21 Å². The summed E-state index contributed by atoms with van der Waals surface area (Å²) in [5.74, 6) is 0. The lowest BCUT2D eigenvalue weighted by Crippen LogP contribution is -2.01. The van der Waals surface area contributed by atoms with E-state index in [9.17, 15) is 0 Å². The van der Waals surface area contributed by atoms with E-state index >= 15 is 0 Å². The van der Waals surface area contributed by atoms with E-state index in [2.05, 4.69) is 10.5 Å². The maximum absolute atomic E-state index is 6.62. The molecule has 0 radical (unpaired) electrons. The van der Waals surface area contributed by atoms with E-state index in [1.54, 1.807) is 14.0 Å².